The first-order chi connectivity index (χ1) is 19.3. The summed E-state index contributed by atoms with van der Waals surface area (Å²) >= 11 is 1.22. The summed E-state index contributed by atoms with van der Waals surface area (Å²) in [6.07, 6.45) is -2.12. The number of aromatic nitrogens is 3. The Hall–Kier alpha value is -4.07. The van der Waals surface area contributed by atoms with Crippen molar-refractivity contribution < 1.29 is 27.4 Å². The highest BCUT2D eigenvalue weighted by molar-refractivity contribution is 7.13. The van der Waals surface area contributed by atoms with Crippen molar-refractivity contribution in [1.82, 2.24) is 20.5 Å². The molecule has 0 aliphatic carbocycles. The summed E-state index contributed by atoms with van der Waals surface area (Å²) in [7, 11) is 1.74. The summed E-state index contributed by atoms with van der Waals surface area (Å²) in [5.41, 5.74) is -0.446. The van der Waals surface area contributed by atoms with Gasteiger partial charge in [0.1, 0.15) is 27.8 Å². The molecule has 5 rings (SSSR count). The van der Waals surface area contributed by atoms with E-state index in [-0.39, 0.29) is 54.4 Å². The Bertz CT molecular complexity index is 1450. The third-order valence-corrected chi connectivity index (χ3v) is 6.99. The van der Waals surface area contributed by atoms with E-state index in [9.17, 15) is 18.0 Å². The van der Waals surface area contributed by atoms with E-state index in [1.165, 1.54) is 35.9 Å². The fraction of sp³-hybridized carbons (Fsp3) is 0.259. The molecule has 40 heavy (non-hydrogen) atoms. The lowest BCUT2D eigenvalue weighted by Crippen LogP contribution is -2.47. The van der Waals surface area contributed by atoms with E-state index >= 15 is 0 Å². The highest BCUT2D eigenvalue weighted by atomic mass is 32.1. The summed E-state index contributed by atoms with van der Waals surface area (Å²) in [6.45, 7) is 1.04. The molecule has 0 saturated carbocycles. The van der Waals surface area contributed by atoms with Crippen molar-refractivity contribution in [3.05, 3.63) is 77.6 Å². The second-order valence-electron chi connectivity index (χ2n) is 8.87. The molecule has 0 radical (unpaired) electrons. The van der Waals surface area contributed by atoms with Crippen LogP contribution in [0.3, 0.4) is 0 Å². The smallest absolute Gasteiger partial charge is 0.422 e. The predicted molar refractivity (Wildman–Crippen MR) is 145 cm³/mol. The van der Waals surface area contributed by atoms with Crippen LogP contribution in [0.15, 0.2) is 66.3 Å². The monoisotopic (exact) mass is 570 g/mol. The summed E-state index contributed by atoms with van der Waals surface area (Å²) in [5.74, 6) is -0.758. The van der Waals surface area contributed by atoms with Crippen LogP contribution in [0.1, 0.15) is 16.1 Å². The fourth-order valence-electron chi connectivity index (χ4n) is 4.36. The van der Waals surface area contributed by atoms with Crippen LogP contribution in [-0.2, 0) is 10.9 Å². The molecule has 0 spiro atoms. The number of alkyl halides is 3. The zero-order valence-corrected chi connectivity index (χ0v) is 22.1. The molecule has 208 valence electrons. The number of hydrogen-bond donors (Lipinski definition) is 2. The number of hydrogen-bond acceptors (Lipinski definition) is 9. The highest BCUT2D eigenvalue weighted by Gasteiger charge is 2.41. The number of ether oxygens (including phenoxy) is 2. The van der Waals surface area contributed by atoms with E-state index in [2.05, 4.69) is 25.8 Å². The lowest BCUT2D eigenvalue weighted by atomic mass is 10.1. The standard InChI is InChI=1S/C27H25F3N6O3S/c1-31-14-19-15-36(11-12-38-19)24-20(34-25(37)21-16-40-26(35-21)17-9-10-32-33-13-17)7-8-22(23(24)27(28,29)30)39-18-5-3-2-4-6-18/h2-10,13,16,19,31H,11-12,14-15H2,1H3,(H,34,37)/t19-/m0/s1. The van der Waals surface area contributed by atoms with Gasteiger partial charge in [-0.15, -0.1) is 11.3 Å². The number of rotatable bonds is 8. The van der Waals surface area contributed by atoms with E-state index in [4.69, 9.17) is 9.47 Å². The van der Waals surface area contributed by atoms with Gasteiger partial charge in [0.05, 0.1) is 36.5 Å². The number of thiazole rings is 1. The molecule has 1 fully saturated rings. The fourth-order valence-corrected chi connectivity index (χ4v) is 5.16. The Balaban J connectivity index is 1.54. The molecule has 9 nitrogen and oxygen atoms in total. The van der Waals surface area contributed by atoms with Crippen LogP contribution in [0.4, 0.5) is 24.5 Å². The minimum Gasteiger partial charge on any atom is -0.457 e. The summed E-state index contributed by atoms with van der Waals surface area (Å²) in [6, 6.07) is 12.6. The maximum atomic E-state index is 14.8. The Kier molecular flexibility index (Phi) is 8.24. The molecular weight excluding hydrogens is 545 g/mol. The van der Waals surface area contributed by atoms with Gasteiger partial charge in [0.25, 0.3) is 5.91 Å². The number of nitrogens with one attached hydrogen (secondary N) is 2. The SMILES string of the molecule is CNC[C@H]1CN(c2c(NC(=O)c3csc(-c4ccnnc4)n3)ccc(Oc3ccccc3)c2C(F)(F)F)CCO1. The quantitative estimate of drug-likeness (QED) is 0.302. The molecule has 2 N–H and O–H groups in total. The van der Waals surface area contributed by atoms with Crippen molar-refractivity contribution in [3.8, 4) is 22.1 Å². The molecule has 1 atom stereocenters. The van der Waals surface area contributed by atoms with Gasteiger partial charge in [-0.25, -0.2) is 4.98 Å². The zero-order chi connectivity index (χ0) is 28.1. The number of anilines is 2. The first-order valence-corrected chi connectivity index (χ1v) is 13.2. The van der Waals surface area contributed by atoms with Gasteiger partial charge in [-0.05, 0) is 37.4 Å². The van der Waals surface area contributed by atoms with Gasteiger partial charge < -0.3 is 25.0 Å². The molecule has 1 aliphatic heterocycles. The number of carbonyl (C=O) groups excluding carboxylic acids is 1. The van der Waals surface area contributed by atoms with E-state index in [1.54, 1.807) is 53.7 Å². The average molecular weight is 571 g/mol. The van der Waals surface area contributed by atoms with E-state index in [0.717, 1.165) is 0 Å². The zero-order valence-electron chi connectivity index (χ0n) is 21.3. The molecule has 1 amide bonds. The third-order valence-electron chi connectivity index (χ3n) is 6.10. The lowest BCUT2D eigenvalue weighted by molar-refractivity contribution is -0.138. The van der Waals surface area contributed by atoms with Crippen molar-refractivity contribution in [1.29, 1.82) is 0 Å². The number of halogens is 3. The molecule has 1 aliphatic rings. The van der Waals surface area contributed by atoms with E-state index in [1.807, 2.05) is 0 Å². The van der Waals surface area contributed by atoms with Crippen LogP contribution in [0.5, 0.6) is 11.5 Å². The first-order valence-electron chi connectivity index (χ1n) is 12.4. The molecule has 13 heteroatoms. The van der Waals surface area contributed by atoms with Crippen molar-refractivity contribution >= 4 is 28.6 Å². The number of benzene rings is 2. The number of para-hydroxylation sites is 1. The number of nitrogens with zero attached hydrogens (tertiary/aromatic N) is 4. The van der Waals surface area contributed by atoms with Crippen molar-refractivity contribution in [2.24, 2.45) is 0 Å². The van der Waals surface area contributed by atoms with E-state index in [0.29, 0.717) is 17.1 Å². The van der Waals surface area contributed by atoms with Crippen LogP contribution in [0.2, 0.25) is 0 Å². The average Bonchev–Trinajstić information content (AvgIpc) is 3.45. The first kappa shape index (κ1) is 27.5. The van der Waals surface area contributed by atoms with Gasteiger partial charge >= 0.3 is 6.18 Å². The van der Waals surface area contributed by atoms with Gasteiger partial charge in [-0.1, -0.05) is 18.2 Å². The molecule has 1 saturated heterocycles. The third kappa shape index (κ3) is 6.22. The molecule has 0 bridgehead atoms. The van der Waals surface area contributed by atoms with Crippen LogP contribution < -0.4 is 20.3 Å². The predicted octanol–water partition coefficient (Wildman–Crippen LogP) is 5.09. The minimum atomic E-state index is -4.79. The van der Waals surface area contributed by atoms with Gasteiger partial charge in [0.15, 0.2) is 0 Å². The van der Waals surface area contributed by atoms with E-state index < -0.39 is 17.6 Å². The number of likely N-dealkylation sites (N-methyl/N-ethyl adjacent to an activating group) is 1. The van der Waals surface area contributed by atoms with Gasteiger partial charge in [0.2, 0.25) is 0 Å². The Labute approximate surface area is 232 Å². The largest absolute Gasteiger partial charge is 0.457 e. The van der Waals surface area contributed by atoms with Gasteiger partial charge in [0, 0.05) is 30.6 Å². The van der Waals surface area contributed by atoms with Gasteiger partial charge in [-0.2, -0.15) is 23.4 Å². The second-order valence-corrected chi connectivity index (χ2v) is 9.73. The second kappa shape index (κ2) is 12.0. The number of amides is 1. The molecule has 3 heterocycles. The lowest BCUT2D eigenvalue weighted by Gasteiger charge is -2.37. The maximum absolute atomic E-state index is 14.8. The Morgan fingerprint density at radius 1 is 1.18 bits per heavy atom. The summed E-state index contributed by atoms with van der Waals surface area (Å²) < 4.78 is 55.7. The molecule has 0 unspecified atom stereocenters. The molecule has 4 aromatic rings. The normalized spacial score (nSPS) is 15.6. The van der Waals surface area contributed by atoms with Crippen molar-refractivity contribution in [2.45, 2.75) is 12.3 Å². The van der Waals surface area contributed by atoms with Crippen LogP contribution in [0, 0.1) is 0 Å². The number of morpholine rings is 1. The Morgan fingerprint density at radius 2 is 2.00 bits per heavy atom. The van der Waals surface area contributed by atoms with Crippen molar-refractivity contribution in [2.75, 3.05) is 43.5 Å². The summed E-state index contributed by atoms with van der Waals surface area (Å²) in [4.78, 5) is 19.2. The molecule has 2 aromatic heterocycles. The molecule has 2 aromatic carbocycles. The maximum Gasteiger partial charge on any atom is 0.422 e. The molecular formula is C27H25F3N6O3S. The highest BCUT2D eigenvalue weighted by Crippen LogP contribution is 2.48. The summed E-state index contributed by atoms with van der Waals surface area (Å²) in [5, 5.41) is 15.3. The van der Waals surface area contributed by atoms with Crippen molar-refractivity contribution in [3.63, 3.8) is 0 Å². The van der Waals surface area contributed by atoms with Crippen LogP contribution >= 0.6 is 11.3 Å². The topological polar surface area (TPSA) is 102 Å². The Morgan fingerprint density at radius 3 is 2.73 bits per heavy atom. The van der Waals surface area contributed by atoms with Crippen LogP contribution in [0.25, 0.3) is 10.6 Å². The van der Waals surface area contributed by atoms with Crippen LogP contribution in [-0.4, -0.2) is 60.5 Å². The number of carbonyl (C=O) groups is 1. The minimum absolute atomic E-state index is 0.0111. The van der Waals surface area contributed by atoms with Gasteiger partial charge in [-0.3, -0.25) is 4.79 Å².